The summed E-state index contributed by atoms with van der Waals surface area (Å²) in [6, 6.07) is 0. The average molecular weight is 268 g/mol. The molecule has 0 unspecified atom stereocenters. The highest BCUT2D eigenvalue weighted by Crippen LogP contribution is 2.34. The first kappa shape index (κ1) is 16.2. The largest absolute Gasteiger partial charge is 0.375 e. The molecule has 4 nitrogen and oxygen atoms in total. The van der Waals surface area contributed by atoms with E-state index in [0.717, 1.165) is 44.3 Å². The highest BCUT2D eigenvalue weighted by Gasteiger charge is 2.38. The SMILES string of the molecule is C=C(C)COCCNC(=O)C1(CCC)CCNCC1. The van der Waals surface area contributed by atoms with Crippen molar-refractivity contribution < 1.29 is 9.53 Å². The highest BCUT2D eigenvalue weighted by atomic mass is 16.5. The van der Waals surface area contributed by atoms with Gasteiger partial charge in [-0.15, -0.1) is 0 Å². The molecule has 0 bridgehead atoms. The van der Waals surface area contributed by atoms with Crippen LogP contribution in [0.5, 0.6) is 0 Å². The maximum absolute atomic E-state index is 12.4. The molecule has 1 heterocycles. The Balaban J connectivity index is 2.33. The quantitative estimate of drug-likeness (QED) is 0.522. The van der Waals surface area contributed by atoms with E-state index in [1.54, 1.807) is 0 Å². The van der Waals surface area contributed by atoms with Crippen LogP contribution in [0.25, 0.3) is 0 Å². The van der Waals surface area contributed by atoms with Crippen molar-refractivity contribution in [1.29, 1.82) is 0 Å². The van der Waals surface area contributed by atoms with Crippen LogP contribution in [0.1, 0.15) is 39.5 Å². The zero-order valence-electron chi connectivity index (χ0n) is 12.4. The Labute approximate surface area is 117 Å². The van der Waals surface area contributed by atoms with E-state index in [1.807, 2.05) is 6.92 Å². The van der Waals surface area contributed by atoms with Gasteiger partial charge in [0.25, 0.3) is 0 Å². The lowest BCUT2D eigenvalue weighted by atomic mass is 9.74. The van der Waals surface area contributed by atoms with Crippen molar-refractivity contribution in [2.24, 2.45) is 5.41 Å². The van der Waals surface area contributed by atoms with Crippen molar-refractivity contribution >= 4 is 5.91 Å². The van der Waals surface area contributed by atoms with Crippen LogP contribution in [0.4, 0.5) is 0 Å². The van der Waals surface area contributed by atoms with E-state index in [4.69, 9.17) is 4.74 Å². The van der Waals surface area contributed by atoms with Gasteiger partial charge in [-0.1, -0.05) is 25.5 Å². The zero-order valence-corrected chi connectivity index (χ0v) is 12.4. The van der Waals surface area contributed by atoms with E-state index >= 15 is 0 Å². The Bertz CT molecular complexity index is 291. The molecule has 2 N–H and O–H groups in total. The number of hydrogen-bond donors (Lipinski definition) is 2. The Hall–Kier alpha value is -0.870. The number of piperidine rings is 1. The van der Waals surface area contributed by atoms with E-state index in [1.165, 1.54) is 0 Å². The molecule has 1 aliphatic rings. The second-order valence-corrected chi connectivity index (χ2v) is 5.55. The van der Waals surface area contributed by atoms with Gasteiger partial charge in [0.15, 0.2) is 0 Å². The highest BCUT2D eigenvalue weighted by molar-refractivity contribution is 5.82. The van der Waals surface area contributed by atoms with E-state index in [-0.39, 0.29) is 11.3 Å². The van der Waals surface area contributed by atoms with Crippen LogP contribution in [0.15, 0.2) is 12.2 Å². The first-order valence-corrected chi connectivity index (χ1v) is 7.32. The molecule has 0 aromatic carbocycles. The molecule has 0 atom stereocenters. The second-order valence-electron chi connectivity index (χ2n) is 5.55. The van der Waals surface area contributed by atoms with Crippen LogP contribution in [0.3, 0.4) is 0 Å². The zero-order chi connectivity index (χ0) is 14.1. The van der Waals surface area contributed by atoms with E-state index in [9.17, 15) is 4.79 Å². The molecule has 1 amide bonds. The van der Waals surface area contributed by atoms with Crippen LogP contribution in [-0.4, -0.2) is 38.8 Å². The summed E-state index contributed by atoms with van der Waals surface area (Å²) in [5, 5.41) is 6.36. The maximum Gasteiger partial charge on any atom is 0.226 e. The van der Waals surface area contributed by atoms with E-state index < -0.39 is 0 Å². The van der Waals surface area contributed by atoms with Gasteiger partial charge < -0.3 is 15.4 Å². The van der Waals surface area contributed by atoms with Crippen LogP contribution in [0.2, 0.25) is 0 Å². The van der Waals surface area contributed by atoms with Gasteiger partial charge in [0.1, 0.15) is 0 Å². The molecule has 0 aromatic heterocycles. The fraction of sp³-hybridized carbons (Fsp3) is 0.800. The van der Waals surface area contributed by atoms with Gasteiger partial charge in [0, 0.05) is 6.54 Å². The second kappa shape index (κ2) is 8.33. The maximum atomic E-state index is 12.4. The number of hydrogen-bond acceptors (Lipinski definition) is 3. The van der Waals surface area contributed by atoms with Gasteiger partial charge in [-0.3, -0.25) is 4.79 Å². The normalized spacial score (nSPS) is 18.0. The number of rotatable bonds is 8. The van der Waals surface area contributed by atoms with Gasteiger partial charge in [0.05, 0.1) is 18.6 Å². The summed E-state index contributed by atoms with van der Waals surface area (Å²) in [6.45, 7) is 11.5. The lowest BCUT2D eigenvalue weighted by molar-refractivity contribution is -0.133. The number of carbonyl (C=O) groups is 1. The monoisotopic (exact) mass is 268 g/mol. The molecule has 0 aromatic rings. The van der Waals surface area contributed by atoms with Crippen LogP contribution in [-0.2, 0) is 9.53 Å². The summed E-state index contributed by atoms with van der Waals surface area (Å²) < 4.78 is 5.40. The number of amides is 1. The Morgan fingerprint density at radius 3 is 2.68 bits per heavy atom. The van der Waals surface area contributed by atoms with Crippen molar-refractivity contribution in [3.8, 4) is 0 Å². The fourth-order valence-corrected chi connectivity index (χ4v) is 2.65. The molecular weight excluding hydrogens is 240 g/mol. The summed E-state index contributed by atoms with van der Waals surface area (Å²) in [6.07, 6.45) is 3.92. The van der Waals surface area contributed by atoms with Gasteiger partial charge >= 0.3 is 0 Å². The van der Waals surface area contributed by atoms with Crippen molar-refractivity contribution in [1.82, 2.24) is 10.6 Å². The third-order valence-corrected chi connectivity index (χ3v) is 3.65. The summed E-state index contributed by atoms with van der Waals surface area (Å²) in [5.74, 6) is 0.203. The minimum Gasteiger partial charge on any atom is -0.375 e. The first-order valence-electron chi connectivity index (χ1n) is 7.32. The molecule has 1 saturated heterocycles. The molecular formula is C15H28N2O2. The molecule has 0 aliphatic carbocycles. The molecule has 0 radical (unpaired) electrons. The standard InChI is InChI=1S/C15H28N2O2/c1-4-5-15(6-8-16-9-7-15)14(18)17-10-11-19-12-13(2)3/h16H,2,4-12H2,1,3H3,(H,17,18). The predicted octanol–water partition coefficient (Wildman–Crippen LogP) is 1.87. The molecule has 0 spiro atoms. The number of ether oxygens (including phenoxy) is 1. The van der Waals surface area contributed by atoms with E-state index in [0.29, 0.717) is 19.8 Å². The lowest BCUT2D eigenvalue weighted by Gasteiger charge is -2.36. The Kier molecular flexibility index (Phi) is 7.10. The van der Waals surface area contributed by atoms with Gasteiger partial charge in [-0.25, -0.2) is 0 Å². The van der Waals surface area contributed by atoms with Crippen LogP contribution >= 0.6 is 0 Å². The van der Waals surface area contributed by atoms with Crippen molar-refractivity contribution in [2.75, 3.05) is 32.8 Å². The minimum atomic E-state index is -0.158. The Morgan fingerprint density at radius 2 is 2.11 bits per heavy atom. The third kappa shape index (κ3) is 5.33. The molecule has 1 aliphatic heterocycles. The molecule has 4 heteroatoms. The van der Waals surface area contributed by atoms with Crippen LogP contribution in [0, 0.1) is 5.41 Å². The van der Waals surface area contributed by atoms with Gasteiger partial charge in [-0.05, 0) is 39.3 Å². The molecule has 1 fully saturated rings. The summed E-state index contributed by atoms with van der Waals surface area (Å²) in [5.41, 5.74) is 0.848. The van der Waals surface area contributed by atoms with Crippen molar-refractivity contribution in [2.45, 2.75) is 39.5 Å². The molecule has 19 heavy (non-hydrogen) atoms. The van der Waals surface area contributed by atoms with Crippen LogP contribution < -0.4 is 10.6 Å². The molecule has 1 rings (SSSR count). The molecule has 0 saturated carbocycles. The van der Waals surface area contributed by atoms with Crippen molar-refractivity contribution in [3.63, 3.8) is 0 Å². The number of carbonyl (C=O) groups excluding carboxylic acids is 1. The first-order chi connectivity index (χ1) is 9.10. The summed E-state index contributed by atoms with van der Waals surface area (Å²) in [4.78, 5) is 12.4. The van der Waals surface area contributed by atoms with E-state index in [2.05, 4.69) is 24.1 Å². The average Bonchev–Trinajstić information content (AvgIpc) is 2.39. The minimum absolute atomic E-state index is 0.158. The summed E-state index contributed by atoms with van der Waals surface area (Å²) in [7, 11) is 0. The molecule has 110 valence electrons. The lowest BCUT2D eigenvalue weighted by Crippen LogP contribution is -2.48. The fourth-order valence-electron chi connectivity index (χ4n) is 2.65. The van der Waals surface area contributed by atoms with Gasteiger partial charge in [-0.2, -0.15) is 0 Å². The smallest absolute Gasteiger partial charge is 0.226 e. The topological polar surface area (TPSA) is 50.4 Å². The third-order valence-electron chi connectivity index (χ3n) is 3.65. The number of nitrogens with one attached hydrogen (secondary N) is 2. The van der Waals surface area contributed by atoms with Crippen molar-refractivity contribution in [3.05, 3.63) is 12.2 Å². The summed E-state index contributed by atoms with van der Waals surface area (Å²) >= 11 is 0. The predicted molar refractivity (Wildman–Crippen MR) is 78.1 cm³/mol. The Morgan fingerprint density at radius 1 is 1.42 bits per heavy atom. The van der Waals surface area contributed by atoms with Gasteiger partial charge in [0.2, 0.25) is 5.91 Å².